The van der Waals surface area contributed by atoms with Gasteiger partial charge in [0.2, 0.25) is 0 Å². The summed E-state index contributed by atoms with van der Waals surface area (Å²) in [4.78, 5) is 78.7. The predicted octanol–water partition coefficient (Wildman–Crippen LogP) is -15.8. The molecule has 0 radical (unpaired) electrons. The number of carboxylic acid groups (broad SMARTS) is 8. The molecule has 0 aliphatic heterocycles. The second-order valence-corrected chi connectivity index (χ2v) is 6.82. The van der Waals surface area contributed by atoms with Gasteiger partial charge in [0.05, 0.1) is 36.1 Å². The van der Waals surface area contributed by atoms with Crippen LogP contribution in [0, 0.1) is 0 Å². The summed E-state index contributed by atoms with van der Waals surface area (Å²) in [5.74, 6) is -14.8. The fraction of sp³-hybridized carbons (Fsp3) is 0.556. The third-order valence-electron chi connectivity index (χ3n) is 3.19. The van der Waals surface area contributed by atoms with Gasteiger partial charge in [0, 0.05) is 49.6 Å². The van der Waals surface area contributed by atoms with Crippen LogP contribution in [0.4, 0.5) is 0 Å². The Balaban J connectivity index is -0.0000000626. The summed E-state index contributed by atoms with van der Waals surface area (Å²) in [5.41, 5.74) is -5.95. The molecule has 0 aromatic heterocycles. The molecule has 0 bridgehead atoms. The zero-order chi connectivity index (χ0) is 31.6. The maximum absolute atomic E-state index is 10.1. The number of aliphatic hydroxyl groups excluding tert-OH is 2. The summed E-state index contributed by atoms with van der Waals surface area (Å²) >= 11 is 0. The standard InChI is InChI=1S/2C6H8O7.2C3H6O3.4Ca/c2*7-3(8)1-6(13,5(11)12)2-4(9)10;2*1-2(4)3(5)6;;;;/h2*13H,1-2H2,(H,7,8)(H,9,10)(H,11,12);2*2,4H,1H3,(H,5,6);;;;/q;;;;4*+2/p-8. The zero-order valence-corrected chi connectivity index (χ0v) is 31.0. The van der Waals surface area contributed by atoms with Crippen molar-refractivity contribution < 1.29 is 99.6 Å². The molecule has 2 atom stereocenters. The molecule has 0 amide bonds. The molecule has 0 saturated heterocycles. The number of aliphatic hydroxyl groups is 4. The number of carbonyl (C=O) groups is 8. The van der Waals surface area contributed by atoms with Crippen molar-refractivity contribution in [1.29, 1.82) is 0 Å². The van der Waals surface area contributed by atoms with Crippen LogP contribution < -0.4 is 40.9 Å². The van der Waals surface area contributed by atoms with Crippen molar-refractivity contribution in [2.45, 2.75) is 62.9 Å². The SMILES string of the molecule is CC(O)C(=O)[O-].CC(O)C(=O)[O-].O=C([O-])CC(O)(CC(=O)[O-])C(=O)[O-].O=C([O-])CC(O)(CC(=O)[O-])C(=O)[O-].[Ca+2].[Ca+2].[Ca+2].[Ca+2]. The van der Waals surface area contributed by atoms with Crippen molar-refractivity contribution in [2.75, 3.05) is 0 Å². The molecule has 2 unspecified atom stereocenters. The van der Waals surface area contributed by atoms with Gasteiger partial charge in [-0.25, -0.2) is 0 Å². The monoisotopic (exact) mass is 716 g/mol. The van der Waals surface area contributed by atoms with Crippen LogP contribution >= 0.6 is 0 Å². The summed E-state index contributed by atoms with van der Waals surface area (Å²) < 4.78 is 0. The van der Waals surface area contributed by atoms with E-state index in [-0.39, 0.29) is 151 Å². The molecular formula is C18H20Ca4O20. The van der Waals surface area contributed by atoms with Gasteiger partial charge in [-0.1, -0.05) is 0 Å². The molecule has 0 fully saturated rings. The molecule has 0 aromatic carbocycles. The average molecular weight is 717 g/mol. The van der Waals surface area contributed by atoms with Gasteiger partial charge in [-0.3, -0.25) is 0 Å². The van der Waals surface area contributed by atoms with Gasteiger partial charge in [0.15, 0.2) is 0 Å². The third kappa shape index (κ3) is 38.7. The number of hydrogen-bond acceptors (Lipinski definition) is 20. The molecular weight excluding hydrogens is 696 g/mol. The molecule has 4 N–H and O–H groups in total. The van der Waals surface area contributed by atoms with Crippen LogP contribution in [-0.2, 0) is 38.4 Å². The van der Waals surface area contributed by atoms with Crippen molar-refractivity contribution in [3.63, 3.8) is 0 Å². The van der Waals surface area contributed by atoms with Crippen LogP contribution in [0.2, 0.25) is 0 Å². The van der Waals surface area contributed by atoms with Gasteiger partial charge < -0.3 is 99.6 Å². The maximum Gasteiger partial charge on any atom is 2.00 e. The Hall–Kier alpha value is 0.639. The first-order valence-corrected chi connectivity index (χ1v) is 9.29. The van der Waals surface area contributed by atoms with E-state index in [2.05, 4.69) is 0 Å². The number of carboxylic acids is 8. The van der Waals surface area contributed by atoms with Crippen LogP contribution in [-0.4, -0.2) is 243 Å². The molecule has 20 nitrogen and oxygen atoms in total. The van der Waals surface area contributed by atoms with Gasteiger partial charge in [-0.2, -0.15) is 0 Å². The molecule has 42 heavy (non-hydrogen) atoms. The van der Waals surface area contributed by atoms with E-state index in [0.29, 0.717) is 0 Å². The molecule has 0 aliphatic carbocycles. The van der Waals surface area contributed by atoms with E-state index in [1.54, 1.807) is 0 Å². The molecule has 220 valence electrons. The van der Waals surface area contributed by atoms with Crippen LogP contribution in [0.1, 0.15) is 39.5 Å². The van der Waals surface area contributed by atoms with Crippen molar-refractivity contribution in [2.24, 2.45) is 0 Å². The van der Waals surface area contributed by atoms with Crippen molar-refractivity contribution in [3.05, 3.63) is 0 Å². The van der Waals surface area contributed by atoms with Crippen molar-refractivity contribution in [1.82, 2.24) is 0 Å². The van der Waals surface area contributed by atoms with E-state index in [1.165, 1.54) is 0 Å². The largest absolute Gasteiger partial charge is 2.00 e. The van der Waals surface area contributed by atoms with Crippen LogP contribution in [0.5, 0.6) is 0 Å². The van der Waals surface area contributed by atoms with Gasteiger partial charge >= 0.3 is 151 Å². The number of rotatable bonds is 12. The molecule has 0 aliphatic rings. The quantitative estimate of drug-likeness (QED) is 0.136. The second-order valence-electron chi connectivity index (χ2n) is 6.82. The summed E-state index contributed by atoms with van der Waals surface area (Å²) in [5, 5.41) is 112. The number of hydrogen-bond donors (Lipinski definition) is 4. The molecule has 0 spiro atoms. The summed E-state index contributed by atoms with van der Waals surface area (Å²) in [6.45, 7) is 2.27. The number of aliphatic carboxylic acids is 8. The Morgan fingerprint density at radius 3 is 0.643 bits per heavy atom. The molecule has 0 saturated carbocycles. The zero-order valence-electron chi connectivity index (χ0n) is 22.1. The van der Waals surface area contributed by atoms with Crippen LogP contribution in [0.3, 0.4) is 0 Å². The summed E-state index contributed by atoms with van der Waals surface area (Å²) in [6.07, 6.45) is -8.12. The number of carbonyl (C=O) groups excluding carboxylic acids is 8. The first kappa shape index (κ1) is 61.6. The Kier molecular flexibility index (Phi) is 46.4. The maximum atomic E-state index is 10.1. The fourth-order valence-electron chi connectivity index (χ4n) is 1.37. The van der Waals surface area contributed by atoms with Gasteiger partial charge in [-0.15, -0.1) is 0 Å². The van der Waals surface area contributed by atoms with Gasteiger partial charge in [0.1, 0.15) is 11.2 Å². The van der Waals surface area contributed by atoms with Gasteiger partial charge in [-0.05, 0) is 13.8 Å². The second kappa shape index (κ2) is 31.6. The summed E-state index contributed by atoms with van der Waals surface area (Å²) in [6, 6.07) is 0. The van der Waals surface area contributed by atoms with Crippen LogP contribution in [0.25, 0.3) is 0 Å². The molecule has 24 heteroatoms. The fourth-order valence-corrected chi connectivity index (χ4v) is 1.37. The Bertz CT molecular complexity index is 773. The van der Waals surface area contributed by atoms with E-state index in [4.69, 9.17) is 20.4 Å². The summed E-state index contributed by atoms with van der Waals surface area (Å²) in [7, 11) is 0. The van der Waals surface area contributed by atoms with Crippen molar-refractivity contribution in [3.8, 4) is 0 Å². The third-order valence-corrected chi connectivity index (χ3v) is 3.19. The molecule has 0 rings (SSSR count). The van der Waals surface area contributed by atoms with Crippen LogP contribution in [0.15, 0.2) is 0 Å². The normalized spacial score (nSPS) is 10.6. The van der Waals surface area contributed by atoms with Crippen molar-refractivity contribution >= 4 is 199 Å². The minimum atomic E-state index is -2.97. The first-order chi connectivity index (χ1) is 16.8. The molecule has 0 heterocycles. The first-order valence-electron chi connectivity index (χ1n) is 9.29. The Morgan fingerprint density at radius 2 is 0.595 bits per heavy atom. The predicted molar refractivity (Wildman–Crippen MR) is 115 cm³/mol. The van der Waals surface area contributed by atoms with E-state index in [1.807, 2.05) is 0 Å². The molecule has 0 aromatic rings. The van der Waals surface area contributed by atoms with E-state index in [0.717, 1.165) is 13.8 Å². The van der Waals surface area contributed by atoms with Gasteiger partial charge in [0.25, 0.3) is 0 Å². The average Bonchev–Trinajstić information content (AvgIpc) is 2.66. The minimum absolute atomic E-state index is 0. The topological polar surface area (TPSA) is 402 Å². The smallest absolute Gasteiger partial charge is 0.550 e. The Morgan fingerprint density at radius 1 is 0.476 bits per heavy atom. The van der Waals surface area contributed by atoms with E-state index in [9.17, 15) is 79.2 Å². The minimum Gasteiger partial charge on any atom is -0.550 e. The Labute approximate surface area is 355 Å². The van der Waals surface area contributed by atoms with E-state index >= 15 is 0 Å². The van der Waals surface area contributed by atoms with E-state index < -0.39 is 96.8 Å².